The molecule has 0 amide bonds. The number of halogens is 3. The topological polar surface area (TPSA) is 61.4 Å². The minimum atomic E-state index is -4.51. The van der Waals surface area contributed by atoms with Crippen LogP contribution >= 0.6 is 12.2 Å². The Kier molecular flexibility index (Phi) is 5.92. The molecule has 0 unspecified atom stereocenters. The second-order valence-electron chi connectivity index (χ2n) is 6.26. The van der Waals surface area contributed by atoms with Gasteiger partial charge in [-0.25, -0.2) is 8.42 Å². The lowest BCUT2D eigenvalue weighted by atomic mass is 10.1. The van der Waals surface area contributed by atoms with Crippen LogP contribution in [0.2, 0.25) is 0 Å². The quantitative estimate of drug-likeness (QED) is 0.710. The third-order valence-corrected chi connectivity index (χ3v) is 6.41. The van der Waals surface area contributed by atoms with E-state index in [0.29, 0.717) is 18.8 Å². The number of nitrogens with one attached hydrogen (secondary N) is 2. The molecule has 0 bridgehead atoms. The van der Waals surface area contributed by atoms with Gasteiger partial charge in [-0.1, -0.05) is 12.1 Å². The third kappa shape index (κ3) is 4.62. The number of hydrogen-bond acceptors (Lipinski definition) is 3. The number of hydrogen-bond donors (Lipinski definition) is 2. The highest BCUT2D eigenvalue weighted by Crippen LogP contribution is 2.34. The largest absolute Gasteiger partial charge is 0.418 e. The maximum Gasteiger partial charge on any atom is 0.418 e. The van der Waals surface area contributed by atoms with E-state index in [1.165, 1.54) is 46.8 Å². The predicted octanol–water partition coefficient (Wildman–Crippen LogP) is 4.30. The van der Waals surface area contributed by atoms with Crippen LogP contribution in [0.15, 0.2) is 53.4 Å². The van der Waals surface area contributed by atoms with Crippen molar-refractivity contribution in [1.82, 2.24) is 4.31 Å². The molecule has 3 rings (SSSR count). The summed E-state index contributed by atoms with van der Waals surface area (Å²) >= 11 is 5.08. The minimum Gasteiger partial charge on any atom is -0.332 e. The number of thiocarbonyl (C=S) groups is 1. The Labute approximate surface area is 166 Å². The third-order valence-electron chi connectivity index (χ3n) is 4.30. The van der Waals surface area contributed by atoms with Crippen molar-refractivity contribution < 1.29 is 21.6 Å². The summed E-state index contributed by atoms with van der Waals surface area (Å²) in [6.07, 6.45) is -2.82. The smallest absolute Gasteiger partial charge is 0.332 e. The number of rotatable bonds is 4. The van der Waals surface area contributed by atoms with Crippen LogP contribution in [0.1, 0.15) is 18.4 Å². The Bertz CT molecular complexity index is 955. The zero-order valence-corrected chi connectivity index (χ0v) is 16.3. The van der Waals surface area contributed by atoms with Gasteiger partial charge >= 0.3 is 6.18 Å². The van der Waals surface area contributed by atoms with E-state index >= 15 is 0 Å². The SMILES string of the molecule is O=S(=O)(c1ccc(NC(=S)Nc2ccccc2C(F)(F)F)cc1)N1CCCC1. The molecule has 1 aliphatic rings. The van der Waals surface area contributed by atoms with Gasteiger partial charge in [0.15, 0.2) is 5.11 Å². The van der Waals surface area contributed by atoms with Gasteiger partial charge in [-0.3, -0.25) is 0 Å². The van der Waals surface area contributed by atoms with Crippen LogP contribution in [0.5, 0.6) is 0 Å². The molecule has 0 aromatic heterocycles. The minimum absolute atomic E-state index is 0.0353. The van der Waals surface area contributed by atoms with Gasteiger partial charge in [0, 0.05) is 18.8 Å². The number of alkyl halides is 3. The van der Waals surface area contributed by atoms with Gasteiger partial charge in [0.1, 0.15) is 0 Å². The van der Waals surface area contributed by atoms with Crippen LogP contribution in [-0.2, 0) is 16.2 Å². The first-order valence-corrected chi connectivity index (χ1v) is 10.4. The number of sulfonamides is 1. The highest BCUT2D eigenvalue weighted by atomic mass is 32.2. The number of anilines is 2. The maximum absolute atomic E-state index is 13.0. The first-order valence-electron chi connectivity index (χ1n) is 8.52. The molecule has 0 saturated carbocycles. The van der Waals surface area contributed by atoms with Crippen molar-refractivity contribution in [3.8, 4) is 0 Å². The summed E-state index contributed by atoms with van der Waals surface area (Å²) in [4.78, 5) is 0.168. The first-order chi connectivity index (χ1) is 13.2. The molecule has 2 aromatic rings. The fourth-order valence-corrected chi connectivity index (χ4v) is 4.66. The summed E-state index contributed by atoms with van der Waals surface area (Å²) in [5.41, 5.74) is -0.533. The van der Waals surface area contributed by atoms with E-state index in [1.807, 2.05) is 0 Å². The number of benzene rings is 2. The average Bonchev–Trinajstić information content (AvgIpc) is 3.17. The van der Waals surface area contributed by atoms with Crippen molar-refractivity contribution in [1.29, 1.82) is 0 Å². The summed E-state index contributed by atoms with van der Waals surface area (Å²) in [5, 5.41) is 5.26. The average molecular weight is 429 g/mol. The maximum atomic E-state index is 13.0. The van der Waals surface area contributed by atoms with Crippen molar-refractivity contribution >= 4 is 38.7 Å². The summed E-state index contributed by atoms with van der Waals surface area (Å²) in [6, 6.07) is 10.9. The fourth-order valence-electron chi connectivity index (χ4n) is 2.91. The number of nitrogens with zero attached hydrogens (tertiary/aromatic N) is 1. The van der Waals surface area contributed by atoms with Gasteiger partial charge in [-0.2, -0.15) is 17.5 Å². The normalized spacial score (nSPS) is 15.4. The second kappa shape index (κ2) is 8.06. The molecule has 1 heterocycles. The molecule has 1 aliphatic heterocycles. The first kappa shape index (κ1) is 20.6. The van der Waals surface area contributed by atoms with Crippen LogP contribution in [0.25, 0.3) is 0 Å². The predicted molar refractivity (Wildman–Crippen MR) is 106 cm³/mol. The summed E-state index contributed by atoms with van der Waals surface area (Å²) in [5.74, 6) is 0. The monoisotopic (exact) mass is 429 g/mol. The molecular weight excluding hydrogens is 411 g/mol. The molecule has 150 valence electrons. The molecule has 1 fully saturated rings. The van der Waals surface area contributed by atoms with Crippen molar-refractivity contribution in [3.05, 3.63) is 54.1 Å². The van der Waals surface area contributed by atoms with E-state index < -0.39 is 21.8 Å². The van der Waals surface area contributed by atoms with Gasteiger partial charge in [0.2, 0.25) is 10.0 Å². The molecule has 28 heavy (non-hydrogen) atoms. The van der Waals surface area contributed by atoms with Gasteiger partial charge in [-0.05, 0) is 61.5 Å². The zero-order valence-electron chi connectivity index (χ0n) is 14.7. The lowest BCUT2D eigenvalue weighted by Crippen LogP contribution is -2.27. The summed E-state index contributed by atoms with van der Waals surface area (Å²) < 4.78 is 65.6. The van der Waals surface area contributed by atoms with Gasteiger partial charge in [0.25, 0.3) is 0 Å². The second-order valence-corrected chi connectivity index (χ2v) is 8.60. The standard InChI is InChI=1S/C18H18F3N3O2S2/c19-18(20,21)15-5-1-2-6-16(15)23-17(27)22-13-7-9-14(10-8-13)28(25,26)24-11-3-4-12-24/h1-2,5-10H,3-4,11-12H2,(H2,22,23,27). The van der Waals surface area contributed by atoms with E-state index in [1.54, 1.807) is 0 Å². The Balaban J connectivity index is 1.69. The van der Waals surface area contributed by atoms with Crippen molar-refractivity contribution in [3.63, 3.8) is 0 Å². The molecule has 1 saturated heterocycles. The number of para-hydroxylation sites is 1. The molecule has 5 nitrogen and oxygen atoms in total. The molecule has 10 heteroatoms. The highest BCUT2D eigenvalue weighted by molar-refractivity contribution is 7.89. The van der Waals surface area contributed by atoms with Crippen LogP contribution in [0.3, 0.4) is 0 Å². The van der Waals surface area contributed by atoms with Gasteiger partial charge in [0.05, 0.1) is 16.1 Å². The highest BCUT2D eigenvalue weighted by Gasteiger charge is 2.33. The van der Waals surface area contributed by atoms with E-state index in [2.05, 4.69) is 10.6 Å². The molecule has 0 aliphatic carbocycles. The van der Waals surface area contributed by atoms with E-state index in [9.17, 15) is 21.6 Å². The molecular formula is C18H18F3N3O2S2. The molecule has 2 aromatic carbocycles. The molecule has 0 atom stereocenters. The van der Waals surface area contributed by atoms with Gasteiger partial charge < -0.3 is 10.6 Å². The fraction of sp³-hybridized carbons (Fsp3) is 0.278. The molecule has 0 spiro atoms. The van der Waals surface area contributed by atoms with Crippen LogP contribution in [0, 0.1) is 0 Å². The Morgan fingerprint density at radius 2 is 1.57 bits per heavy atom. The Hall–Kier alpha value is -2.17. The van der Waals surface area contributed by atoms with E-state index in [-0.39, 0.29) is 15.7 Å². The lowest BCUT2D eigenvalue weighted by molar-refractivity contribution is -0.136. The van der Waals surface area contributed by atoms with Gasteiger partial charge in [-0.15, -0.1) is 0 Å². The van der Waals surface area contributed by atoms with Crippen LogP contribution in [0.4, 0.5) is 24.5 Å². The lowest BCUT2D eigenvalue weighted by Gasteiger charge is -2.17. The Morgan fingerprint density at radius 1 is 0.964 bits per heavy atom. The molecule has 0 radical (unpaired) electrons. The van der Waals surface area contributed by atoms with Crippen molar-refractivity contribution in [2.24, 2.45) is 0 Å². The van der Waals surface area contributed by atoms with Crippen molar-refractivity contribution in [2.75, 3.05) is 23.7 Å². The molecule has 2 N–H and O–H groups in total. The van der Waals surface area contributed by atoms with Crippen molar-refractivity contribution in [2.45, 2.75) is 23.9 Å². The van der Waals surface area contributed by atoms with E-state index in [0.717, 1.165) is 18.9 Å². The zero-order chi connectivity index (χ0) is 20.4. The Morgan fingerprint density at radius 3 is 2.18 bits per heavy atom. The summed E-state index contributed by atoms with van der Waals surface area (Å²) in [7, 11) is -3.52. The van der Waals surface area contributed by atoms with Crippen LogP contribution < -0.4 is 10.6 Å². The van der Waals surface area contributed by atoms with Crippen LogP contribution in [-0.4, -0.2) is 30.9 Å². The summed E-state index contributed by atoms with van der Waals surface area (Å²) in [6.45, 7) is 1.02. The van der Waals surface area contributed by atoms with E-state index in [4.69, 9.17) is 12.2 Å².